The zero-order chi connectivity index (χ0) is 28.0. The Morgan fingerprint density at radius 1 is 0.925 bits per heavy atom. The Labute approximate surface area is 232 Å². The molecule has 40 heavy (non-hydrogen) atoms. The molecule has 3 N–H and O–H groups in total. The van der Waals surface area contributed by atoms with Crippen molar-refractivity contribution in [3.8, 4) is 5.88 Å². The van der Waals surface area contributed by atoms with Gasteiger partial charge in [0.1, 0.15) is 11.6 Å². The van der Waals surface area contributed by atoms with E-state index in [-0.39, 0.29) is 16.8 Å². The fraction of sp³-hybridized carbons (Fsp3) is 0.250. The first-order chi connectivity index (χ1) is 19.4. The van der Waals surface area contributed by atoms with Crippen LogP contribution in [0.1, 0.15) is 18.4 Å². The Bertz CT molecular complexity index is 1530. The number of rotatable bonds is 10. The van der Waals surface area contributed by atoms with Crippen molar-refractivity contribution >= 4 is 33.2 Å². The summed E-state index contributed by atoms with van der Waals surface area (Å²) in [5.74, 6) is 1.12. The molecule has 1 aliphatic rings. The topological polar surface area (TPSA) is 121 Å². The highest BCUT2D eigenvalue weighted by atomic mass is 32.2. The molecule has 0 unspecified atom stereocenters. The number of halogens is 1. The molecule has 12 heteroatoms. The van der Waals surface area contributed by atoms with Gasteiger partial charge in [0.05, 0.1) is 12.0 Å². The minimum absolute atomic E-state index is 0.227. The summed E-state index contributed by atoms with van der Waals surface area (Å²) in [6.07, 6.45) is 4.75. The first-order valence-corrected chi connectivity index (χ1v) is 14.3. The Morgan fingerprint density at radius 2 is 1.60 bits per heavy atom. The first-order valence-electron chi connectivity index (χ1n) is 12.8. The van der Waals surface area contributed by atoms with Crippen molar-refractivity contribution in [2.75, 3.05) is 30.8 Å². The molecule has 0 spiro atoms. The molecule has 2 aromatic heterocycles. The van der Waals surface area contributed by atoms with E-state index in [2.05, 4.69) is 30.9 Å². The molecule has 1 aliphatic heterocycles. The molecule has 0 aliphatic carbocycles. The lowest BCUT2D eigenvalue weighted by molar-refractivity contribution is 0.288. The molecule has 208 valence electrons. The number of hydrogen-bond acceptors (Lipinski definition) is 9. The number of methoxy groups -OCH3 is 1. The van der Waals surface area contributed by atoms with Crippen LogP contribution >= 0.6 is 0 Å². The third-order valence-electron chi connectivity index (χ3n) is 6.58. The van der Waals surface area contributed by atoms with Crippen molar-refractivity contribution in [2.45, 2.75) is 30.3 Å². The van der Waals surface area contributed by atoms with Gasteiger partial charge < -0.3 is 20.7 Å². The second kappa shape index (κ2) is 12.4. The van der Waals surface area contributed by atoms with Gasteiger partial charge in [0.2, 0.25) is 21.9 Å². The summed E-state index contributed by atoms with van der Waals surface area (Å²) < 4.78 is 46.4. The minimum Gasteiger partial charge on any atom is -0.481 e. The number of benzene rings is 2. The Kier molecular flexibility index (Phi) is 8.48. The van der Waals surface area contributed by atoms with Crippen LogP contribution in [0.5, 0.6) is 5.88 Å². The quantitative estimate of drug-likeness (QED) is 0.257. The van der Waals surface area contributed by atoms with Crippen LogP contribution in [0, 0.1) is 5.82 Å². The van der Waals surface area contributed by atoms with Crippen molar-refractivity contribution in [3.63, 3.8) is 0 Å². The highest BCUT2D eigenvalue weighted by Crippen LogP contribution is 2.24. The monoisotopic (exact) mass is 563 g/mol. The molecule has 0 amide bonds. The van der Waals surface area contributed by atoms with Gasteiger partial charge in [-0.25, -0.2) is 22.8 Å². The summed E-state index contributed by atoms with van der Waals surface area (Å²) in [6.45, 7) is 1.56. The van der Waals surface area contributed by atoms with Crippen LogP contribution in [0.15, 0.2) is 84.0 Å². The molecule has 1 fully saturated rings. The Hall–Kier alpha value is -4.13. The van der Waals surface area contributed by atoms with Crippen LogP contribution in [0.3, 0.4) is 0 Å². The molecule has 0 bridgehead atoms. The molecular formula is C28H30FN7O3S. The number of ether oxygens (including phenoxy) is 1. The molecule has 5 rings (SSSR count). The average Bonchev–Trinajstić information content (AvgIpc) is 2.98. The zero-order valence-electron chi connectivity index (χ0n) is 21.9. The summed E-state index contributed by atoms with van der Waals surface area (Å²) in [5, 5.41) is 9.69. The molecule has 0 atom stereocenters. The van der Waals surface area contributed by atoms with E-state index in [1.165, 1.54) is 16.4 Å². The van der Waals surface area contributed by atoms with Crippen LogP contribution in [0.25, 0.3) is 0 Å². The Balaban J connectivity index is 1.15. The van der Waals surface area contributed by atoms with Gasteiger partial charge in [-0.05, 0) is 79.1 Å². The van der Waals surface area contributed by atoms with E-state index < -0.39 is 10.0 Å². The van der Waals surface area contributed by atoms with Crippen molar-refractivity contribution in [2.24, 2.45) is 0 Å². The van der Waals surface area contributed by atoms with Crippen LogP contribution in [-0.2, 0) is 16.6 Å². The molecule has 4 aromatic rings. The maximum absolute atomic E-state index is 13.3. The van der Waals surface area contributed by atoms with Crippen LogP contribution < -0.4 is 20.7 Å². The summed E-state index contributed by atoms with van der Waals surface area (Å²) >= 11 is 0. The highest BCUT2D eigenvalue weighted by Gasteiger charge is 2.29. The van der Waals surface area contributed by atoms with Crippen LogP contribution in [0.4, 0.5) is 27.5 Å². The van der Waals surface area contributed by atoms with Crippen molar-refractivity contribution in [1.82, 2.24) is 24.6 Å². The van der Waals surface area contributed by atoms with E-state index in [1.807, 2.05) is 12.1 Å². The van der Waals surface area contributed by atoms with Gasteiger partial charge >= 0.3 is 0 Å². The summed E-state index contributed by atoms with van der Waals surface area (Å²) in [7, 11) is -2.02. The standard InChI is InChI=1S/C28H30FN7O3S/c1-39-27-18-20(10-14-30-27)19-32-22-12-16-36(17-13-22)40(37,38)25-8-6-24(7-9-25)34-28-31-15-11-26(35-28)33-23-4-2-21(29)3-5-23/h2-11,14-15,18,22,32H,12-13,16-17,19H2,1H3,(H2,31,33,34,35). The number of sulfonamides is 1. The summed E-state index contributed by atoms with van der Waals surface area (Å²) in [6, 6.07) is 18.2. The number of aromatic nitrogens is 3. The fourth-order valence-electron chi connectivity index (χ4n) is 4.39. The SMILES string of the molecule is COc1cc(CNC2CCN(S(=O)(=O)c3ccc(Nc4nccc(Nc5ccc(F)cc5)n4)cc3)CC2)ccn1. The Morgan fingerprint density at radius 3 is 2.33 bits per heavy atom. The largest absolute Gasteiger partial charge is 0.481 e. The van der Waals surface area contributed by atoms with Gasteiger partial charge in [0.15, 0.2) is 0 Å². The van der Waals surface area contributed by atoms with Gasteiger partial charge in [-0.15, -0.1) is 0 Å². The molecule has 10 nitrogen and oxygen atoms in total. The lowest BCUT2D eigenvalue weighted by Crippen LogP contribution is -2.44. The third-order valence-corrected chi connectivity index (χ3v) is 8.49. The van der Waals surface area contributed by atoms with E-state index in [0.717, 1.165) is 18.4 Å². The molecule has 0 saturated carbocycles. The van der Waals surface area contributed by atoms with Crippen molar-refractivity contribution in [1.29, 1.82) is 0 Å². The summed E-state index contributed by atoms with van der Waals surface area (Å²) in [5.41, 5.74) is 2.40. The number of anilines is 4. The molecule has 3 heterocycles. The van der Waals surface area contributed by atoms with Gasteiger partial charge in [0.25, 0.3) is 0 Å². The predicted molar refractivity (Wildman–Crippen MR) is 151 cm³/mol. The number of piperidine rings is 1. The number of nitrogens with one attached hydrogen (secondary N) is 3. The third kappa shape index (κ3) is 6.89. The lowest BCUT2D eigenvalue weighted by atomic mass is 10.1. The predicted octanol–water partition coefficient (Wildman–Crippen LogP) is 4.45. The second-order valence-electron chi connectivity index (χ2n) is 9.31. The van der Waals surface area contributed by atoms with Crippen LogP contribution in [-0.4, -0.2) is 53.9 Å². The zero-order valence-corrected chi connectivity index (χ0v) is 22.7. The van der Waals surface area contributed by atoms with Gasteiger partial charge in [0, 0.05) is 55.5 Å². The molecule has 0 radical (unpaired) electrons. The first kappa shape index (κ1) is 27.4. The maximum atomic E-state index is 13.3. The van der Waals surface area contributed by atoms with Gasteiger partial charge in [-0.2, -0.15) is 9.29 Å². The fourth-order valence-corrected chi connectivity index (χ4v) is 5.86. The summed E-state index contributed by atoms with van der Waals surface area (Å²) in [4.78, 5) is 13.0. The van der Waals surface area contributed by atoms with Crippen LogP contribution in [0.2, 0.25) is 0 Å². The van der Waals surface area contributed by atoms with E-state index in [9.17, 15) is 12.8 Å². The average molecular weight is 564 g/mol. The lowest BCUT2D eigenvalue weighted by Gasteiger charge is -2.31. The highest BCUT2D eigenvalue weighted by molar-refractivity contribution is 7.89. The normalized spacial score (nSPS) is 14.6. The smallest absolute Gasteiger partial charge is 0.243 e. The van der Waals surface area contributed by atoms with Gasteiger partial charge in [-0.3, -0.25) is 0 Å². The minimum atomic E-state index is -3.61. The van der Waals surface area contributed by atoms with E-state index >= 15 is 0 Å². The molecule has 2 aromatic carbocycles. The van der Waals surface area contributed by atoms with Crippen molar-refractivity contribution < 1.29 is 17.5 Å². The maximum Gasteiger partial charge on any atom is 0.243 e. The second-order valence-corrected chi connectivity index (χ2v) is 11.3. The number of hydrogen-bond donors (Lipinski definition) is 3. The van der Waals surface area contributed by atoms with E-state index in [1.54, 1.807) is 62.0 Å². The number of pyridine rings is 1. The van der Waals surface area contributed by atoms with Gasteiger partial charge in [-0.1, -0.05) is 0 Å². The van der Waals surface area contributed by atoms with E-state index in [4.69, 9.17) is 4.74 Å². The van der Waals surface area contributed by atoms with Crippen molar-refractivity contribution in [3.05, 3.63) is 90.5 Å². The molecule has 1 saturated heterocycles. The molecular weight excluding hydrogens is 533 g/mol. The number of nitrogens with zero attached hydrogens (tertiary/aromatic N) is 4. The van der Waals surface area contributed by atoms with E-state index in [0.29, 0.717) is 48.7 Å².